The molecule has 92 valence electrons. The van der Waals surface area contributed by atoms with Gasteiger partial charge in [0.05, 0.1) is 0 Å². The molecule has 0 amide bonds. The minimum atomic E-state index is 0.218. The van der Waals surface area contributed by atoms with E-state index in [9.17, 15) is 0 Å². The molecule has 0 aromatic heterocycles. The van der Waals surface area contributed by atoms with Crippen LogP contribution in [0.4, 0.5) is 0 Å². The Morgan fingerprint density at radius 3 is 0.867 bits per heavy atom. The van der Waals surface area contributed by atoms with Gasteiger partial charge in [0.25, 0.3) is 0 Å². The van der Waals surface area contributed by atoms with Crippen molar-refractivity contribution < 1.29 is 0 Å². The third kappa shape index (κ3) is 5.96. The van der Waals surface area contributed by atoms with Crippen LogP contribution in [-0.2, 0) is 0 Å². The summed E-state index contributed by atoms with van der Waals surface area (Å²) in [5.41, 5.74) is 3.57. The van der Waals surface area contributed by atoms with E-state index in [1.807, 2.05) is 7.96 Å². The van der Waals surface area contributed by atoms with Crippen LogP contribution in [0.1, 0.15) is 55.4 Å². The molecule has 0 aliphatic heterocycles. The fraction of sp³-hybridized carbons (Fsp3) is 1.00. The summed E-state index contributed by atoms with van der Waals surface area (Å²) >= 11 is 0. The lowest BCUT2D eigenvalue weighted by atomic mass is 10.5. The summed E-state index contributed by atoms with van der Waals surface area (Å²) in [5.74, 6) is 0. The zero-order valence-corrected chi connectivity index (χ0v) is 14.3. The summed E-state index contributed by atoms with van der Waals surface area (Å²) in [4.78, 5) is 0. The topological polar surface area (TPSA) is 0 Å². The highest BCUT2D eigenvalue weighted by molar-refractivity contribution is 8.53. The van der Waals surface area contributed by atoms with Gasteiger partial charge >= 0.3 is 0 Å². The summed E-state index contributed by atoms with van der Waals surface area (Å²) in [6.07, 6.45) is 0. The molecule has 0 aliphatic rings. The molecule has 3 heteroatoms. The highest BCUT2D eigenvalue weighted by Crippen LogP contribution is 2.80. The number of hydrogen-bond donors (Lipinski definition) is 0. The maximum atomic E-state index is 2.41. The first-order chi connectivity index (χ1) is 6.77. The monoisotopic (exact) mass is 265 g/mol. The maximum Gasteiger partial charge on any atom is -0.0531 e. The molecular formula is C12H28P3-. The van der Waals surface area contributed by atoms with Crippen molar-refractivity contribution in [2.24, 2.45) is 0 Å². The molecule has 0 fully saturated rings. The molecule has 0 atom stereocenters. The molecule has 0 nitrogen and oxygen atoms in total. The Balaban J connectivity index is 4.48. The van der Waals surface area contributed by atoms with Crippen LogP contribution >= 0.6 is 23.2 Å². The van der Waals surface area contributed by atoms with Gasteiger partial charge < -0.3 is 7.96 Å². The molecule has 0 radical (unpaired) electrons. The van der Waals surface area contributed by atoms with Gasteiger partial charge in [-0.1, -0.05) is 78.0 Å². The highest BCUT2D eigenvalue weighted by Gasteiger charge is 2.12. The third-order valence-corrected chi connectivity index (χ3v) is 17.5. The van der Waals surface area contributed by atoms with Crippen LogP contribution < -0.4 is 0 Å². The van der Waals surface area contributed by atoms with Gasteiger partial charge in [0.1, 0.15) is 0 Å². The van der Waals surface area contributed by atoms with Crippen LogP contribution in [0, 0.1) is 0 Å². The van der Waals surface area contributed by atoms with Crippen LogP contribution in [0.2, 0.25) is 0 Å². The summed E-state index contributed by atoms with van der Waals surface area (Å²) in [6, 6.07) is 0. The standard InChI is InChI=1S/C12H28P3/c1-9(2)14(10(3)4)13-15(11(5)6)12(7)8/h9-12H,1-8H3/q-1. The van der Waals surface area contributed by atoms with E-state index in [2.05, 4.69) is 55.4 Å². The second-order valence-electron chi connectivity index (χ2n) is 5.22. The molecule has 0 rings (SSSR count). The molecule has 0 aliphatic carbocycles. The average Bonchev–Trinajstić information content (AvgIpc) is 2.01. The Bertz CT molecular complexity index is 130. The van der Waals surface area contributed by atoms with E-state index < -0.39 is 0 Å². The molecule has 0 aromatic carbocycles. The predicted molar refractivity (Wildman–Crippen MR) is 81.3 cm³/mol. The summed E-state index contributed by atoms with van der Waals surface area (Å²) in [5, 5.41) is 0. The summed E-state index contributed by atoms with van der Waals surface area (Å²) in [6.45, 7) is 19.3. The van der Waals surface area contributed by atoms with Gasteiger partial charge in [0, 0.05) is 0 Å². The van der Waals surface area contributed by atoms with Gasteiger partial charge in [-0.3, -0.25) is 15.2 Å². The van der Waals surface area contributed by atoms with E-state index in [4.69, 9.17) is 0 Å². The molecule has 0 spiro atoms. The second kappa shape index (κ2) is 7.58. The second-order valence-corrected chi connectivity index (χ2v) is 16.0. The molecule has 0 bridgehead atoms. The van der Waals surface area contributed by atoms with Gasteiger partial charge in [-0.15, -0.1) is 0 Å². The van der Waals surface area contributed by atoms with E-state index in [0.717, 1.165) is 22.6 Å². The van der Waals surface area contributed by atoms with Gasteiger partial charge in [-0.05, 0) is 0 Å². The van der Waals surface area contributed by atoms with E-state index >= 15 is 0 Å². The Labute approximate surface area is 101 Å². The maximum absolute atomic E-state index is 2.41. The van der Waals surface area contributed by atoms with Crippen molar-refractivity contribution in [1.29, 1.82) is 0 Å². The normalized spacial score (nSPS) is 13.2. The van der Waals surface area contributed by atoms with Crippen molar-refractivity contribution in [3.05, 3.63) is 0 Å². The molecule has 0 heterocycles. The van der Waals surface area contributed by atoms with E-state index in [0.29, 0.717) is 0 Å². The number of rotatable bonds is 6. The molecule has 15 heavy (non-hydrogen) atoms. The van der Waals surface area contributed by atoms with Crippen molar-refractivity contribution in [1.82, 2.24) is 0 Å². The van der Waals surface area contributed by atoms with Crippen LogP contribution in [0.15, 0.2) is 0 Å². The lowest BCUT2D eigenvalue weighted by Crippen LogP contribution is -2.03. The van der Waals surface area contributed by atoms with Crippen molar-refractivity contribution in [2.75, 3.05) is 0 Å². The molecular weight excluding hydrogens is 237 g/mol. The Kier molecular flexibility index (Phi) is 8.24. The molecule has 0 saturated carbocycles. The minimum Gasteiger partial charge on any atom is -0.474 e. The minimum absolute atomic E-state index is 0.218. The fourth-order valence-electron chi connectivity index (χ4n) is 1.72. The third-order valence-electron chi connectivity index (χ3n) is 2.32. The van der Waals surface area contributed by atoms with E-state index in [-0.39, 0.29) is 15.2 Å². The molecule has 0 unspecified atom stereocenters. The largest absolute Gasteiger partial charge is 0.474 e. The zero-order valence-electron chi connectivity index (χ0n) is 11.7. The van der Waals surface area contributed by atoms with Crippen molar-refractivity contribution in [3.8, 4) is 0 Å². The van der Waals surface area contributed by atoms with Crippen LogP contribution in [0.5, 0.6) is 0 Å². The first kappa shape index (κ1) is 16.3. The van der Waals surface area contributed by atoms with Crippen LogP contribution in [0.3, 0.4) is 0 Å². The fourth-order valence-corrected chi connectivity index (χ4v) is 18.0. The van der Waals surface area contributed by atoms with Crippen LogP contribution in [0.25, 0.3) is 0 Å². The smallest absolute Gasteiger partial charge is 0.0531 e. The molecule has 0 saturated heterocycles. The highest BCUT2D eigenvalue weighted by atomic mass is 32.4. The molecule has 0 aromatic rings. The van der Waals surface area contributed by atoms with Gasteiger partial charge in [-0.25, -0.2) is 0 Å². The Hall–Kier alpha value is 1.29. The van der Waals surface area contributed by atoms with Gasteiger partial charge in [0.15, 0.2) is 0 Å². The van der Waals surface area contributed by atoms with Gasteiger partial charge in [-0.2, -0.15) is 0 Å². The lowest BCUT2D eigenvalue weighted by Gasteiger charge is -2.49. The first-order valence-electron chi connectivity index (χ1n) is 6.05. The summed E-state index contributed by atoms with van der Waals surface area (Å²) < 4.78 is 0. The van der Waals surface area contributed by atoms with Crippen LogP contribution in [-0.4, -0.2) is 22.6 Å². The SMILES string of the molecule is CC(C)P([P-]P(C(C)C)C(C)C)C(C)C. The van der Waals surface area contributed by atoms with E-state index in [1.165, 1.54) is 0 Å². The van der Waals surface area contributed by atoms with Crippen molar-refractivity contribution in [3.63, 3.8) is 0 Å². The molecule has 0 N–H and O–H groups in total. The Morgan fingerprint density at radius 1 is 0.533 bits per heavy atom. The lowest BCUT2D eigenvalue weighted by molar-refractivity contribution is 1.02. The predicted octanol–water partition coefficient (Wildman–Crippen LogP) is 6.36. The van der Waals surface area contributed by atoms with Crippen molar-refractivity contribution >= 4 is 23.2 Å². The Morgan fingerprint density at radius 2 is 0.733 bits per heavy atom. The number of hydrogen-bond acceptors (Lipinski definition) is 0. The van der Waals surface area contributed by atoms with Crippen molar-refractivity contribution in [2.45, 2.75) is 78.0 Å². The summed E-state index contributed by atoms with van der Waals surface area (Å²) in [7, 11) is 2.24. The first-order valence-corrected chi connectivity index (χ1v) is 11.3. The quantitative estimate of drug-likeness (QED) is 0.490. The van der Waals surface area contributed by atoms with Gasteiger partial charge in [0.2, 0.25) is 0 Å². The average molecular weight is 265 g/mol. The van der Waals surface area contributed by atoms with E-state index in [1.54, 1.807) is 0 Å². The zero-order chi connectivity index (χ0) is 12.2.